The Kier molecular flexibility index (Phi) is 6.13. The molecule has 3 heteroatoms. The Labute approximate surface area is 272 Å². The SMILES string of the molecule is C=CC1C[N+]2(c3c4ccccc4cc4ccccc34)CCC1CC2[C@H](OC12CC3CC(CC(C3)C1)C2)c1ccnc2ccccc12. The molecule has 6 bridgehead atoms. The number of fused-ring (bicyclic) bond motifs is 6. The number of benzene rings is 4. The average Bonchev–Trinajstić information content (AvgIpc) is 3.09. The Bertz CT molecular complexity index is 1900. The molecule has 5 aromatic rings. The van der Waals surface area contributed by atoms with Crippen molar-refractivity contribution in [3.63, 3.8) is 0 Å². The molecule has 4 aliphatic carbocycles. The summed E-state index contributed by atoms with van der Waals surface area (Å²) in [7, 11) is 0. The van der Waals surface area contributed by atoms with Crippen LogP contribution in [0.4, 0.5) is 5.69 Å². The first kappa shape index (κ1) is 27.6. The van der Waals surface area contributed by atoms with E-state index in [0.29, 0.717) is 17.9 Å². The summed E-state index contributed by atoms with van der Waals surface area (Å²) in [6.45, 7) is 6.67. The summed E-state index contributed by atoms with van der Waals surface area (Å²) in [4.78, 5) is 4.85. The molecule has 0 spiro atoms. The molecule has 3 aliphatic heterocycles. The van der Waals surface area contributed by atoms with Gasteiger partial charge in [-0.25, -0.2) is 0 Å². The Hall–Kier alpha value is -3.53. The average molecular weight is 606 g/mol. The highest BCUT2D eigenvalue weighted by Crippen LogP contribution is 2.60. The second-order valence-corrected chi connectivity index (χ2v) is 15.9. The number of rotatable bonds is 6. The number of hydrogen-bond donors (Lipinski definition) is 0. The molecule has 5 atom stereocenters. The van der Waals surface area contributed by atoms with Gasteiger partial charge in [0.15, 0.2) is 0 Å². The monoisotopic (exact) mass is 605 g/mol. The summed E-state index contributed by atoms with van der Waals surface area (Å²) >= 11 is 0. The van der Waals surface area contributed by atoms with Gasteiger partial charge >= 0.3 is 0 Å². The summed E-state index contributed by atoms with van der Waals surface area (Å²) in [5.74, 6) is 3.70. The maximum Gasteiger partial charge on any atom is 0.149 e. The Morgan fingerprint density at radius 2 is 1.41 bits per heavy atom. The van der Waals surface area contributed by atoms with E-state index in [1.165, 1.54) is 89.5 Å². The second-order valence-electron chi connectivity index (χ2n) is 15.9. The van der Waals surface area contributed by atoms with Gasteiger partial charge in [-0.3, -0.25) is 9.47 Å². The molecule has 3 saturated heterocycles. The summed E-state index contributed by atoms with van der Waals surface area (Å²) in [6.07, 6.45) is 14.8. The van der Waals surface area contributed by atoms with Gasteiger partial charge in [0.05, 0.1) is 24.2 Å². The van der Waals surface area contributed by atoms with Gasteiger partial charge < -0.3 is 4.74 Å². The van der Waals surface area contributed by atoms with Crippen LogP contribution in [-0.4, -0.2) is 29.7 Å². The van der Waals surface area contributed by atoms with Crippen molar-refractivity contribution < 1.29 is 4.74 Å². The summed E-state index contributed by atoms with van der Waals surface area (Å²) in [6, 6.07) is 32.2. The molecule has 232 valence electrons. The molecule has 46 heavy (non-hydrogen) atoms. The lowest BCUT2D eigenvalue weighted by Gasteiger charge is -2.61. The molecule has 3 nitrogen and oxygen atoms in total. The van der Waals surface area contributed by atoms with Gasteiger partial charge in [0.2, 0.25) is 0 Å². The molecular weight excluding hydrogens is 560 g/mol. The highest BCUT2D eigenvalue weighted by atomic mass is 16.5. The fourth-order valence-corrected chi connectivity index (χ4v) is 12.0. The third kappa shape index (κ3) is 4.07. The van der Waals surface area contributed by atoms with Crippen LogP contribution in [0.25, 0.3) is 32.4 Å². The Morgan fingerprint density at radius 1 is 0.783 bits per heavy atom. The van der Waals surface area contributed by atoms with Crippen LogP contribution >= 0.6 is 0 Å². The lowest BCUT2D eigenvalue weighted by molar-refractivity contribution is -0.209. The van der Waals surface area contributed by atoms with E-state index in [1.54, 1.807) is 0 Å². The lowest BCUT2D eigenvalue weighted by atomic mass is 9.54. The van der Waals surface area contributed by atoms with E-state index in [2.05, 4.69) is 97.6 Å². The van der Waals surface area contributed by atoms with Crippen molar-refractivity contribution in [2.75, 3.05) is 13.1 Å². The van der Waals surface area contributed by atoms with Crippen LogP contribution in [0.2, 0.25) is 0 Å². The van der Waals surface area contributed by atoms with Crippen LogP contribution in [0.1, 0.15) is 63.0 Å². The number of pyridine rings is 1. The van der Waals surface area contributed by atoms with Crippen molar-refractivity contribution in [1.82, 2.24) is 9.47 Å². The van der Waals surface area contributed by atoms with Gasteiger partial charge in [-0.15, -0.1) is 6.58 Å². The number of quaternary nitrogens is 1. The third-order valence-corrected chi connectivity index (χ3v) is 13.4. The van der Waals surface area contributed by atoms with Crippen molar-refractivity contribution in [2.45, 2.75) is 69.1 Å². The van der Waals surface area contributed by atoms with E-state index in [0.717, 1.165) is 40.8 Å². The molecule has 0 N–H and O–H groups in total. The van der Waals surface area contributed by atoms with Crippen molar-refractivity contribution in [2.24, 2.45) is 29.6 Å². The topological polar surface area (TPSA) is 22.1 Å². The van der Waals surface area contributed by atoms with E-state index in [-0.39, 0.29) is 11.7 Å². The van der Waals surface area contributed by atoms with Crippen LogP contribution in [0.3, 0.4) is 0 Å². The van der Waals surface area contributed by atoms with E-state index in [1.807, 2.05) is 6.20 Å². The molecule has 1 aromatic heterocycles. The van der Waals surface area contributed by atoms with Gasteiger partial charge in [0.1, 0.15) is 17.8 Å². The molecule has 7 fully saturated rings. The van der Waals surface area contributed by atoms with Crippen LogP contribution in [0, 0.1) is 29.6 Å². The van der Waals surface area contributed by atoms with Gasteiger partial charge in [-0.1, -0.05) is 60.7 Å². The number of para-hydroxylation sites is 1. The second kappa shape index (κ2) is 10.2. The maximum absolute atomic E-state index is 8.01. The minimum absolute atomic E-state index is 0.00422. The molecule has 0 amide bonds. The van der Waals surface area contributed by atoms with Gasteiger partial charge in [-0.2, -0.15) is 0 Å². The fraction of sp³-hybridized carbons (Fsp3) is 0.419. The predicted molar refractivity (Wildman–Crippen MR) is 190 cm³/mol. The van der Waals surface area contributed by atoms with Crippen LogP contribution in [0.5, 0.6) is 0 Å². The normalized spacial score (nSPS) is 35.2. The smallest absolute Gasteiger partial charge is 0.149 e. The Balaban J connectivity index is 1.22. The zero-order valence-electron chi connectivity index (χ0n) is 26.9. The van der Waals surface area contributed by atoms with Crippen molar-refractivity contribution in [3.8, 4) is 0 Å². The molecular formula is C43H45N2O+. The third-order valence-electron chi connectivity index (χ3n) is 13.4. The minimum atomic E-state index is 0.00422. The summed E-state index contributed by atoms with van der Waals surface area (Å²) in [5.41, 5.74) is 3.96. The first-order valence-corrected chi connectivity index (χ1v) is 18.0. The van der Waals surface area contributed by atoms with Crippen molar-refractivity contribution in [3.05, 3.63) is 109 Å². The molecule has 4 saturated carbocycles. The first-order valence-electron chi connectivity index (χ1n) is 18.0. The van der Waals surface area contributed by atoms with E-state index in [4.69, 9.17) is 9.72 Å². The Morgan fingerprint density at radius 3 is 2.09 bits per heavy atom. The van der Waals surface area contributed by atoms with Crippen LogP contribution in [-0.2, 0) is 4.74 Å². The highest BCUT2D eigenvalue weighted by molar-refractivity contribution is 6.10. The summed E-state index contributed by atoms with van der Waals surface area (Å²) in [5, 5.41) is 6.77. The number of hydrogen-bond acceptors (Lipinski definition) is 2. The molecule has 12 rings (SSSR count). The predicted octanol–water partition coefficient (Wildman–Crippen LogP) is 10.2. The van der Waals surface area contributed by atoms with Crippen LogP contribution < -0.4 is 4.48 Å². The number of nitrogens with zero attached hydrogens (tertiary/aromatic N) is 2. The molecule has 7 aliphatic rings. The molecule has 0 radical (unpaired) electrons. The van der Waals surface area contributed by atoms with E-state index < -0.39 is 0 Å². The van der Waals surface area contributed by atoms with E-state index >= 15 is 0 Å². The minimum Gasteiger partial charge on any atom is -0.361 e. The zero-order valence-corrected chi connectivity index (χ0v) is 26.9. The standard InChI is InChI=1S/C43H45N2O/c1-2-31-27-45(41-35-11-5-3-9-33(35)22-34-10-4-6-12-36(34)41)18-16-32(31)23-40(45)42(38-15-17-44-39-14-8-7-13-37(38)39)46-43-24-28-19-29(25-43)21-30(20-28)26-43/h2-15,17,22,28-32,40,42H,1,16,18-21,23-27H2/q+1/t28?,29?,30?,31?,32?,40?,42-,43?,45?/m1/s1. The zero-order chi connectivity index (χ0) is 30.5. The van der Waals surface area contributed by atoms with Gasteiger partial charge in [-0.05, 0) is 109 Å². The quantitative estimate of drug-likeness (QED) is 0.109. The highest BCUT2D eigenvalue weighted by Gasteiger charge is 2.60. The fourth-order valence-electron chi connectivity index (χ4n) is 12.0. The maximum atomic E-state index is 8.01. The van der Waals surface area contributed by atoms with Crippen LogP contribution in [0.15, 0.2) is 104 Å². The molecule has 4 heterocycles. The molecule has 4 aromatic carbocycles. The molecule has 4 unspecified atom stereocenters. The summed E-state index contributed by atoms with van der Waals surface area (Å²) < 4.78 is 8.98. The van der Waals surface area contributed by atoms with Gasteiger partial charge in [0.25, 0.3) is 0 Å². The van der Waals surface area contributed by atoms with E-state index in [9.17, 15) is 0 Å². The number of ether oxygens (including phenoxy) is 1. The van der Waals surface area contributed by atoms with Crippen molar-refractivity contribution >= 4 is 38.1 Å². The van der Waals surface area contributed by atoms with Crippen molar-refractivity contribution in [1.29, 1.82) is 0 Å². The lowest BCUT2D eigenvalue weighted by Crippen LogP contribution is -2.70. The number of piperidine rings is 3. The van der Waals surface area contributed by atoms with Gasteiger partial charge in [0, 0.05) is 41.1 Å². The first-order chi connectivity index (χ1) is 22.6. The number of aromatic nitrogens is 1. The largest absolute Gasteiger partial charge is 0.361 e.